The predicted octanol–water partition coefficient (Wildman–Crippen LogP) is -0.393. The molecule has 4 aromatic rings. The number of para-hydroxylation sites is 1. The van der Waals surface area contributed by atoms with Crippen molar-refractivity contribution in [3.8, 4) is 22.9 Å². The maximum absolute atomic E-state index is 13.3. The molecule has 0 bridgehead atoms. The number of morpholine rings is 1. The van der Waals surface area contributed by atoms with E-state index in [9.17, 15) is 9.59 Å². The number of rotatable bonds is 10. The second-order valence-electron chi connectivity index (χ2n) is 10.7. The molecular formula is C26H30B3N9O5S. The van der Waals surface area contributed by atoms with Crippen LogP contribution >= 0.6 is 11.3 Å². The van der Waals surface area contributed by atoms with E-state index in [1.807, 2.05) is 47.1 Å². The Bertz CT molecular complexity index is 1650. The normalized spacial score (nSPS) is 13.2. The molecule has 3 aromatic heterocycles. The summed E-state index contributed by atoms with van der Waals surface area (Å²) in [6.45, 7) is 2.08. The first-order chi connectivity index (χ1) is 21.1. The van der Waals surface area contributed by atoms with Gasteiger partial charge in [0.2, 0.25) is 5.88 Å². The van der Waals surface area contributed by atoms with Gasteiger partial charge in [0.05, 0.1) is 56.9 Å². The predicted molar refractivity (Wildman–Crippen MR) is 174 cm³/mol. The van der Waals surface area contributed by atoms with Crippen LogP contribution < -0.4 is 25.4 Å². The van der Waals surface area contributed by atoms with Gasteiger partial charge < -0.3 is 35.1 Å². The molecule has 1 saturated heterocycles. The van der Waals surface area contributed by atoms with Crippen molar-refractivity contribution < 1.29 is 23.8 Å². The van der Waals surface area contributed by atoms with E-state index in [0.717, 1.165) is 0 Å². The maximum atomic E-state index is 13.3. The van der Waals surface area contributed by atoms with Gasteiger partial charge >= 0.3 is 0 Å². The van der Waals surface area contributed by atoms with Crippen molar-refractivity contribution >= 4 is 69.7 Å². The minimum absolute atomic E-state index is 0.0748. The Kier molecular flexibility index (Phi) is 9.30. The van der Waals surface area contributed by atoms with Gasteiger partial charge in [-0.05, 0) is 17.4 Å². The van der Waals surface area contributed by atoms with Crippen molar-refractivity contribution in [2.24, 2.45) is 0 Å². The summed E-state index contributed by atoms with van der Waals surface area (Å²) < 4.78 is 16.3. The summed E-state index contributed by atoms with van der Waals surface area (Å²) in [6.07, 6.45) is 2.96. The number of carbonyl (C=O) groups is 2. The number of anilines is 4. The van der Waals surface area contributed by atoms with Gasteiger partial charge in [-0.3, -0.25) is 9.59 Å². The van der Waals surface area contributed by atoms with E-state index in [4.69, 9.17) is 14.2 Å². The van der Waals surface area contributed by atoms with Gasteiger partial charge in [-0.2, -0.15) is 0 Å². The minimum Gasteiger partial charge on any atom is -0.494 e. The third-order valence-electron chi connectivity index (χ3n) is 6.34. The van der Waals surface area contributed by atoms with E-state index in [1.165, 1.54) is 30.8 Å². The van der Waals surface area contributed by atoms with Crippen LogP contribution in [0.5, 0.6) is 11.6 Å². The van der Waals surface area contributed by atoms with Crippen molar-refractivity contribution in [1.82, 2.24) is 35.4 Å². The fraction of sp³-hybridized carbons (Fsp3) is 0.269. The number of aromatic nitrogens is 5. The molecule has 0 saturated carbocycles. The molecule has 1 aliphatic heterocycles. The van der Waals surface area contributed by atoms with Crippen LogP contribution in [0.2, 0.25) is 0 Å². The molecule has 3 N–H and O–H groups in total. The van der Waals surface area contributed by atoms with Gasteiger partial charge in [0.1, 0.15) is 29.4 Å². The zero-order chi connectivity index (χ0) is 31.3. The Morgan fingerprint density at radius 3 is 2.48 bits per heavy atom. The Morgan fingerprint density at radius 2 is 1.80 bits per heavy atom. The molecule has 44 heavy (non-hydrogen) atoms. The van der Waals surface area contributed by atoms with Crippen LogP contribution in [0.4, 0.5) is 23.0 Å². The van der Waals surface area contributed by atoms with Crippen LogP contribution in [0.3, 0.4) is 0 Å². The molecule has 224 valence electrons. The summed E-state index contributed by atoms with van der Waals surface area (Å²) in [4.78, 5) is 41.0. The lowest BCUT2D eigenvalue weighted by Gasteiger charge is -2.25. The third-order valence-corrected chi connectivity index (χ3v) is 7.17. The monoisotopic (exact) mass is 613 g/mol. The highest BCUT2D eigenvalue weighted by atomic mass is 32.1. The number of benzene rings is 1. The summed E-state index contributed by atoms with van der Waals surface area (Å²) in [6, 6.07) is 7.14. The Morgan fingerprint density at radius 1 is 1.00 bits per heavy atom. The quantitative estimate of drug-likeness (QED) is 0.199. The molecule has 0 radical (unpaired) electrons. The number of carbonyl (C=O) groups excluding carboxylic acids is 2. The van der Waals surface area contributed by atoms with Crippen molar-refractivity contribution in [3.05, 3.63) is 52.7 Å². The molecule has 0 unspecified atom stereocenters. The first-order valence-electron chi connectivity index (χ1n) is 13.8. The molecule has 1 fully saturated rings. The Balaban J connectivity index is 1.47. The fourth-order valence-electron chi connectivity index (χ4n) is 4.33. The highest BCUT2D eigenvalue weighted by Crippen LogP contribution is 2.39. The molecule has 2 amide bonds. The molecule has 1 aromatic carbocycles. The molecule has 1 aliphatic rings. The number of ether oxygens (including phenoxy) is 3. The summed E-state index contributed by atoms with van der Waals surface area (Å²) in [5.41, 5.74) is 2.25. The average Bonchev–Trinajstić information content (AvgIpc) is 3.51. The van der Waals surface area contributed by atoms with Gasteiger partial charge in [0.25, 0.3) is 11.8 Å². The molecule has 0 atom stereocenters. The van der Waals surface area contributed by atoms with E-state index in [0.29, 0.717) is 77.2 Å². The van der Waals surface area contributed by atoms with Crippen LogP contribution in [0.1, 0.15) is 20.3 Å². The van der Waals surface area contributed by atoms with E-state index in [1.54, 1.807) is 18.1 Å². The van der Waals surface area contributed by atoms with E-state index < -0.39 is 11.1 Å². The number of methoxy groups -OCH3 is 2. The number of amides is 2. The van der Waals surface area contributed by atoms with Gasteiger partial charge in [0.15, 0.2) is 22.3 Å². The average molecular weight is 613 g/mol. The van der Waals surface area contributed by atoms with Crippen LogP contribution in [-0.2, 0) is 4.74 Å². The van der Waals surface area contributed by atoms with Crippen LogP contribution in [0, 0.1) is 0 Å². The topological polar surface area (TPSA) is 166 Å². The summed E-state index contributed by atoms with van der Waals surface area (Å²) in [5, 5.41) is 19.4. The first kappa shape index (κ1) is 30.8. The summed E-state index contributed by atoms with van der Waals surface area (Å²) >= 11 is 1.27. The van der Waals surface area contributed by atoms with Crippen LogP contribution in [0.15, 0.2) is 42.0 Å². The molecule has 0 spiro atoms. The zero-order valence-corrected chi connectivity index (χ0v) is 25.8. The van der Waals surface area contributed by atoms with Gasteiger partial charge in [-0.1, -0.05) is 6.07 Å². The van der Waals surface area contributed by atoms with Gasteiger partial charge in [0, 0.05) is 30.1 Å². The third kappa shape index (κ3) is 7.26. The number of hydrogen-bond donors (Lipinski definition) is 3. The lowest BCUT2D eigenvalue weighted by molar-refractivity contribution is 0.0302. The second kappa shape index (κ2) is 13.3. The number of thiazole rings is 1. The molecule has 14 nitrogen and oxygen atoms in total. The lowest BCUT2D eigenvalue weighted by atomic mass is 9.49. The summed E-state index contributed by atoms with van der Waals surface area (Å²) in [5.74, 6) is 1.02. The molecule has 0 aliphatic carbocycles. The van der Waals surface area contributed by atoms with E-state index in [2.05, 4.69) is 41.1 Å². The fourth-order valence-corrected chi connectivity index (χ4v) is 5.12. The molecule has 18 heteroatoms. The van der Waals surface area contributed by atoms with Crippen LogP contribution in [-0.4, -0.2) is 111 Å². The van der Waals surface area contributed by atoms with Gasteiger partial charge in [-0.15, -0.1) is 21.5 Å². The number of hydrogen-bond acceptors (Lipinski definition) is 13. The van der Waals surface area contributed by atoms with Crippen molar-refractivity contribution in [2.75, 3.05) is 51.2 Å². The molecular weight excluding hydrogens is 583 g/mol. The Labute approximate surface area is 260 Å². The van der Waals surface area contributed by atoms with Crippen molar-refractivity contribution in [1.29, 1.82) is 0 Å². The van der Waals surface area contributed by atoms with Gasteiger partial charge in [-0.25, -0.2) is 15.0 Å². The Hall–Kier alpha value is -4.70. The maximum Gasteiger partial charge on any atom is 0.283 e. The highest BCUT2D eigenvalue weighted by molar-refractivity contribution is 7.12. The molecule has 4 heterocycles. The lowest BCUT2D eigenvalue weighted by Crippen LogP contribution is -2.50. The zero-order valence-electron chi connectivity index (χ0n) is 25.0. The largest absolute Gasteiger partial charge is 0.494 e. The van der Waals surface area contributed by atoms with Crippen molar-refractivity contribution in [3.63, 3.8) is 0 Å². The summed E-state index contributed by atoms with van der Waals surface area (Å²) in [7, 11) is 8.68. The van der Waals surface area contributed by atoms with Crippen LogP contribution in [0.25, 0.3) is 11.3 Å². The minimum atomic E-state index is -0.510. The highest BCUT2D eigenvalue weighted by Gasteiger charge is 2.25. The van der Waals surface area contributed by atoms with Crippen molar-refractivity contribution in [2.45, 2.75) is 5.24 Å². The van der Waals surface area contributed by atoms with E-state index in [-0.39, 0.29) is 11.6 Å². The number of nitrogens with one attached hydrogen (secondary N) is 3. The molecule has 5 rings (SSSR count). The smallest absolute Gasteiger partial charge is 0.283 e. The van der Waals surface area contributed by atoms with E-state index >= 15 is 0 Å². The SMILES string of the molecule is BC(B)(B)NC(=O)c1nnc(Nc2cnc(OC)cn2)cc1Nc1cccc(-c2csc(C(=O)N3CCOCC3)n2)c1OC. The first-order valence-corrected chi connectivity index (χ1v) is 14.6. The standard InChI is InChI=1S/C26H30B3N9O5S/c1-41-20-12-30-19(11-31-20)34-18-10-16(21(37-36-18)23(39)35-26(27,28)29)32-15-5-3-4-14(22(15)42-2)17-13-44-24(33-17)25(40)38-6-8-43-9-7-38/h3-5,10-13H,6-9,27-29H2,1-2H3,(H,35,39)(H2,30,32,34,36). The second-order valence-corrected chi connectivity index (χ2v) is 11.6. The number of nitrogens with zero attached hydrogens (tertiary/aromatic N) is 6.